The molecule has 0 radical (unpaired) electrons. The Bertz CT molecular complexity index is 889. The van der Waals surface area contributed by atoms with Crippen molar-refractivity contribution in [1.29, 1.82) is 0 Å². The fourth-order valence-corrected chi connectivity index (χ4v) is 3.22. The van der Waals surface area contributed by atoms with Gasteiger partial charge in [0.2, 0.25) is 11.8 Å². The number of carbonyl (C=O) groups excluding carboxylic acids is 3. The molecule has 0 bridgehead atoms. The van der Waals surface area contributed by atoms with Gasteiger partial charge in [0.1, 0.15) is 18.7 Å². The number of amides is 3. The SMILES string of the molecule is CC(C)C[C@H](NC(=O)OCc1ccccc1)C(=O)N[C@H](Cc1cccc(Cl)c1)C(N)=O. The lowest BCUT2D eigenvalue weighted by atomic mass is 10.0. The van der Waals surface area contributed by atoms with Crippen LogP contribution in [0.25, 0.3) is 0 Å². The Kier molecular flexibility index (Phi) is 9.34. The first-order valence-corrected chi connectivity index (χ1v) is 10.4. The van der Waals surface area contributed by atoms with Gasteiger partial charge in [-0.2, -0.15) is 0 Å². The van der Waals surface area contributed by atoms with Gasteiger partial charge < -0.3 is 21.1 Å². The lowest BCUT2D eigenvalue weighted by Crippen LogP contribution is -2.54. The van der Waals surface area contributed by atoms with Crippen molar-refractivity contribution in [2.45, 2.75) is 45.4 Å². The van der Waals surface area contributed by atoms with Crippen molar-refractivity contribution in [2.24, 2.45) is 11.7 Å². The molecular weight excluding hydrogens is 418 g/mol. The Morgan fingerprint density at radius 3 is 2.26 bits per heavy atom. The van der Waals surface area contributed by atoms with Crippen molar-refractivity contribution < 1.29 is 19.1 Å². The van der Waals surface area contributed by atoms with E-state index in [1.165, 1.54) is 0 Å². The third-order valence-corrected chi connectivity index (χ3v) is 4.75. The Morgan fingerprint density at radius 2 is 1.65 bits per heavy atom. The van der Waals surface area contributed by atoms with Gasteiger partial charge in [-0.3, -0.25) is 9.59 Å². The van der Waals surface area contributed by atoms with Crippen molar-refractivity contribution in [1.82, 2.24) is 10.6 Å². The van der Waals surface area contributed by atoms with Gasteiger partial charge in [-0.15, -0.1) is 0 Å². The number of alkyl carbamates (subject to hydrolysis) is 1. The van der Waals surface area contributed by atoms with Crippen LogP contribution in [0, 0.1) is 5.92 Å². The molecule has 166 valence electrons. The molecule has 0 spiro atoms. The molecule has 7 nitrogen and oxygen atoms in total. The summed E-state index contributed by atoms with van der Waals surface area (Å²) in [6, 6.07) is 14.4. The Balaban J connectivity index is 2.00. The fourth-order valence-electron chi connectivity index (χ4n) is 3.00. The lowest BCUT2D eigenvalue weighted by Gasteiger charge is -2.23. The van der Waals surface area contributed by atoms with Crippen molar-refractivity contribution in [3.05, 3.63) is 70.7 Å². The molecule has 0 unspecified atom stereocenters. The molecule has 0 aliphatic heterocycles. The highest BCUT2D eigenvalue weighted by atomic mass is 35.5. The molecule has 4 N–H and O–H groups in total. The molecule has 0 aliphatic rings. The van der Waals surface area contributed by atoms with Gasteiger partial charge in [0, 0.05) is 11.4 Å². The van der Waals surface area contributed by atoms with Crippen LogP contribution in [-0.2, 0) is 27.4 Å². The van der Waals surface area contributed by atoms with Crippen molar-refractivity contribution in [2.75, 3.05) is 0 Å². The molecule has 0 saturated heterocycles. The van der Waals surface area contributed by atoms with E-state index in [9.17, 15) is 14.4 Å². The van der Waals surface area contributed by atoms with Crippen LogP contribution in [0.4, 0.5) is 4.79 Å². The van der Waals surface area contributed by atoms with Crippen LogP contribution in [-0.4, -0.2) is 30.0 Å². The van der Waals surface area contributed by atoms with Gasteiger partial charge in [0.25, 0.3) is 0 Å². The number of rotatable bonds is 10. The highest BCUT2D eigenvalue weighted by Gasteiger charge is 2.27. The molecule has 8 heteroatoms. The third kappa shape index (κ3) is 8.68. The van der Waals surface area contributed by atoms with E-state index < -0.39 is 30.0 Å². The zero-order valence-corrected chi connectivity index (χ0v) is 18.4. The molecule has 2 aromatic rings. The number of halogens is 1. The minimum absolute atomic E-state index is 0.0847. The standard InChI is InChI=1S/C23H28ClN3O4/c1-15(2)11-20(27-23(30)31-14-16-7-4-3-5-8-16)22(29)26-19(21(25)28)13-17-9-6-10-18(24)12-17/h3-10,12,15,19-20H,11,13-14H2,1-2H3,(H2,25,28)(H,26,29)(H,27,30)/t19-,20+/m1/s1. The predicted octanol–water partition coefficient (Wildman–Crippen LogP) is 3.19. The van der Waals surface area contributed by atoms with Crippen LogP contribution in [0.5, 0.6) is 0 Å². The fraction of sp³-hybridized carbons (Fsp3) is 0.348. The number of ether oxygens (including phenoxy) is 1. The molecule has 31 heavy (non-hydrogen) atoms. The van der Waals surface area contributed by atoms with E-state index in [0.717, 1.165) is 11.1 Å². The van der Waals surface area contributed by atoms with Crippen LogP contribution in [0.1, 0.15) is 31.4 Å². The van der Waals surface area contributed by atoms with E-state index in [-0.39, 0.29) is 18.9 Å². The maximum Gasteiger partial charge on any atom is 0.408 e. The maximum absolute atomic E-state index is 12.8. The van der Waals surface area contributed by atoms with Crippen LogP contribution in [0.3, 0.4) is 0 Å². The summed E-state index contributed by atoms with van der Waals surface area (Å²) < 4.78 is 5.22. The highest BCUT2D eigenvalue weighted by Crippen LogP contribution is 2.13. The molecule has 0 aliphatic carbocycles. The second-order valence-corrected chi connectivity index (χ2v) is 8.12. The molecule has 0 aromatic heterocycles. The molecule has 2 rings (SSSR count). The first kappa shape index (κ1) is 24.2. The summed E-state index contributed by atoms with van der Waals surface area (Å²) in [6.45, 7) is 3.94. The Morgan fingerprint density at radius 1 is 0.968 bits per heavy atom. The maximum atomic E-state index is 12.8. The number of hydrogen-bond acceptors (Lipinski definition) is 4. The number of carbonyl (C=O) groups is 3. The lowest BCUT2D eigenvalue weighted by molar-refractivity contribution is -0.128. The zero-order chi connectivity index (χ0) is 22.8. The van der Waals surface area contributed by atoms with Gasteiger partial charge in [-0.1, -0.05) is 67.9 Å². The summed E-state index contributed by atoms with van der Waals surface area (Å²) in [7, 11) is 0. The Hall–Kier alpha value is -3.06. The number of hydrogen-bond donors (Lipinski definition) is 3. The Labute approximate surface area is 187 Å². The normalized spacial score (nSPS) is 12.6. The number of benzene rings is 2. The van der Waals surface area contributed by atoms with Gasteiger partial charge in [-0.25, -0.2) is 4.79 Å². The predicted molar refractivity (Wildman–Crippen MR) is 119 cm³/mol. The summed E-state index contributed by atoms with van der Waals surface area (Å²) in [5.74, 6) is -1.07. The van der Waals surface area contributed by atoms with Crippen molar-refractivity contribution in [3.63, 3.8) is 0 Å². The van der Waals surface area contributed by atoms with Gasteiger partial charge >= 0.3 is 6.09 Å². The topological polar surface area (TPSA) is 111 Å². The van der Waals surface area contributed by atoms with Gasteiger partial charge in [-0.05, 0) is 35.6 Å². The monoisotopic (exact) mass is 445 g/mol. The first-order valence-electron chi connectivity index (χ1n) is 10.1. The summed E-state index contributed by atoms with van der Waals surface area (Å²) in [5.41, 5.74) is 7.07. The largest absolute Gasteiger partial charge is 0.445 e. The van der Waals surface area contributed by atoms with E-state index in [4.69, 9.17) is 22.1 Å². The first-order chi connectivity index (χ1) is 14.7. The van der Waals surface area contributed by atoms with Crippen LogP contribution in [0.2, 0.25) is 5.02 Å². The van der Waals surface area contributed by atoms with Crippen LogP contribution in [0.15, 0.2) is 54.6 Å². The second-order valence-electron chi connectivity index (χ2n) is 7.69. The summed E-state index contributed by atoms with van der Waals surface area (Å²) in [4.78, 5) is 37.0. The van der Waals surface area contributed by atoms with E-state index in [0.29, 0.717) is 11.4 Å². The summed E-state index contributed by atoms with van der Waals surface area (Å²) in [6.07, 6.45) is -0.154. The zero-order valence-electron chi connectivity index (χ0n) is 17.6. The molecule has 0 fully saturated rings. The number of primary amides is 1. The van der Waals surface area contributed by atoms with Crippen LogP contribution < -0.4 is 16.4 Å². The minimum atomic E-state index is -0.942. The van der Waals surface area contributed by atoms with Crippen LogP contribution >= 0.6 is 11.6 Å². The van der Waals surface area contributed by atoms with E-state index >= 15 is 0 Å². The summed E-state index contributed by atoms with van der Waals surface area (Å²) in [5, 5.41) is 5.75. The average Bonchev–Trinajstić information content (AvgIpc) is 2.71. The quantitative estimate of drug-likeness (QED) is 0.521. The molecular formula is C23H28ClN3O4. The van der Waals surface area contributed by atoms with Gasteiger partial charge in [0.05, 0.1) is 0 Å². The van der Waals surface area contributed by atoms with Gasteiger partial charge in [0.15, 0.2) is 0 Å². The number of nitrogens with two attached hydrogens (primary N) is 1. The minimum Gasteiger partial charge on any atom is -0.445 e. The van der Waals surface area contributed by atoms with E-state index in [1.807, 2.05) is 44.2 Å². The average molecular weight is 446 g/mol. The smallest absolute Gasteiger partial charge is 0.408 e. The molecule has 0 heterocycles. The van der Waals surface area contributed by atoms with Crippen molar-refractivity contribution in [3.8, 4) is 0 Å². The highest BCUT2D eigenvalue weighted by molar-refractivity contribution is 6.30. The number of nitrogens with one attached hydrogen (secondary N) is 2. The van der Waals surface area contributed by atoms with E-state index in [2.05, 4.69) is 10.6 Å². The second kappa shape index (κ2) is 12.0. The molecule has 2 aromatic carbocycles. The summed E-state index contributed by atoms with van der Waals surface area (Å²) >= 11 is 5.99. The van der Waals surface area contributed by atoms with E-state index in [1.54, 1.807) is 24.3 Å². The molecule has 2 atom stereocenters. The molecule has 3 amide bonds. The third-order valence-electron chi connectivity index (χ3n) is 4.52. The molecule has 0 saturated carbocycles. The van der Waals surface area contributed by atoms with Crippen molar-refractivity contribution >= 4 is 29.5 Å².